The summed E-state index contributed by atoms with van der Waals surface area (Å²) in [7, 11) is -3.28. The van der Waals surface area contributed by atoms with Crippen molar-refractivity contribution in [3.63, 3.8) is 0 Å². The zero-order valence-corrected chi connectivity index (χ0v) is 10.00. The minimum atomic E-state index is -3.28. The first-order valence-corrected chi connectivity index (χ1v) is 7.18. The van der Waals surface area contributed by atoms with E-state index in [0.29, 0.717) is 17.4 Å². The summed E-state index contributed by atoms with van der Waals surface area (Å²) in [6, 6.07) is 1.46. The number of nitrogens with zero attached hydrogens (tertiary/aromatic N) is 2. The van der Waals surface area contributed by atoms with Crippen LogP contribution in [0.1, 0.15) is 36.7 Å². The summed E-state index contributed by atoms with van der Waals surface area (Å²) >= 11 is 0. The van der Waals surface area contributed by atoms with E-state index in [4.69, 9.17) is 5.73 Å². The SMILES string of the molecule is CS(=O)(=O)c1cc(CN)nc(C2CCC2)n1. The molecule has 6 heteroatoms. The van der Waals surface area contributed by atoms with Gasteiger partial charge in [-0.25, -0.2) is 18.4 Å². The molecule has 0 amide bonds. The molecule has 5 nitrogen and oxygen atoms in total. The second kappa shape index (κ2) is 4.10. The molecule has 1 saturated carbocycles. The van der Waals surface area contributed by atoms with Crippen LogP contribution in [0.25, 0.3) is 0 Å². The van der Waals surface area contributed by atoms with Gasteiger partial charge in [-0.1, -0.05) is 6.42 Å². The van der Waals surface area contributed by atoms with Gasteiger partial charge in [0.25, 0.3) is 0 Å². The van der Waals surface area contributed by atoms with E-state index in [1.807, 2.05) is 0 Å². The average molecular weight is 241 g/mol. The molecule has 2 rings (SSSR count). The summed E-state index contributed by atoms with van der Waals surface area (Å²) in [5, 5.41) is 0.0878. The molecular formula is C10H15N3O2S. The Hall–Kier alpha value is -1.01. The van der Waals surface area contributed by atoms with E-state index < -0.39 is 9.84 Å². The topological polar surface area (TPSA) is 85.9 Å². The van der Waals surface area contributed by atoms with Crippen molar-refractivity contribution in [3.05, 3.63) is 17.6 Å². The minimum Gasteiger partial charge on any atom is -0.325 e. The summed E-state index contributed by atoms with van der Waals surface area (Å²) in [4.78, 5) is 8.41. The van der Waals surface area contributed by atoms with Gasteiger partial charge >= 0.3 is 0 Å². The molecule has 0 saturated heterocycles. The lowest BCUT2D eigenvalue weighted by Gasteiger charge is -2.24. The van der Waals surface area contributed by atoms with E-state index in [2.05, 4.69) is 9.97 Å². The molecule has 0 aromatic carbocycles. The first-order chi connectivity index (χ1) is 7.50. The van der Waals surface area contributed by atoms with E-state index in [0.717, 1.165) is 25.5 Å². The lowest BCUT2D eigenvalue weighted by molar-refractivity contribution is 0.397. The summed E-state index contributed by atoms with van der Waals surface area (Å²) in [5.41, 5.74) is 6.10. The van der Waals surface area contributed by atoms with Crippen molar-refractivity contribution in [1.82, 2.24) is 9.97 Å². The molecule has 1 aromatic heterocycles. The molecule has 1 aliphatic carbocycles. The van der Waals surface area contributed by atoms with Crippen LogP contribution in [-0.2, 0) is 16.4 Å². The van der Waals surface area contributed by atoms with Crippen LogP contribution in [0.15, 0.2) is 11.1 Å². The minimum absolute atomic E-state index is 0.0878. The third-order valence-electron chi connectivity index (χ3n) is 2.83. The fourth-order valence-electron chi connectivity index (χ4n) is 1.64. The van der Waals surface area contributed by atoms with Crippen LogP contribution in [0.2, 0.25) is 0 Å². The molecule has 88 valence electrons. The van der Waals surface area contributed by atoms with E-state index in [1.54, 1.807) is 0 Å². The van der Waals surface area contributed by atoms with Crippen LogP contribution in [0, 0.1) is 0 Å². The second-order valence-electron chi connectivity index (χ2n) is 4.16. The number of nitrogens with two attached hydrogens (primary N) is 1. The molecule has 0 unspecified atom stereocenters. The lowest BCUT2D eigenvalue weighted by Crippen LogP contribution is -2.17. The van der Waals surface area contributed by atoms with Gasteiger partial charge in [-0.15, -0.1) is 0 Å². The third-order valence-corrected chi connectivity index (χ3v) is 3.80. The Morgan fingerprint density at radius 2 is 2.12 bits per heavy atom. The van der Waals surface area contributed by atoms with Gasteiger partial charge in [0.05, 0.1) is 5.69 Å². The molecule has 0 bridgehead atoms. The molecule has 0 atom stereocenters. The van der Waals surface area contributed by atoms with Crippen LogP contribution < -0.4 is 5.73 Å². The number of rotatable bonds is 3. The fraction of sp³-hybridized carbons (Fsp3) is 0.600. The average Bonchev–Trinajstić information content (AvgIpc) is 2.13. The standard InChI is InChI=1S/C10H15N3O2S/c1-16(14,15)9-5-8(6-11)12-10(13-9)7-3-2-4-7/h5,7H,2-4,6,11H2,1H3. The van der Waals surface area contributed by atoms with Gasteiger partial charge in [-0.3, -0.25) is 0 Å². The normalized spacial score (nSPS) is 17.1. The monoisotopic (exact) mass is 241 g/mol. The second-order valence-corrected chi connectivity index (χ2v) is 6.12. The van der Waals surface area contributed by atoms with Crippen LogP contribution >= 0.6 is 0 Å². The van der Waals surface area contributed by atoms with Crippen LogP contribution in [0.4, 0.5) is 0 Å². The Kier molecular flexibility index (Phi) is 2.94. The van der Waals surface area contributed by atoms with Crippen molar-refractivity contribution in [1.29, 1.82) is 0 Å². The Labute approximate surface area is 95.0 Å². The summed E-state index contributed by atoms with van der Waals surface area (Å²) in [6.45, 7) is 0.241. The van der Waals surface area contributed by atoms with Crippen molar-refractivity contribution in [2.75, 3.05) is 6.26 Å². The highest BCUT2D eigenvalue weighted by molar-refractivity contribution is 7.90. The Morgan fingerprint density at radius 1 is 1.44 bits per heavy atom. The highest BCUT2D eigenvalue weighted by atomic mass is 32.2. The first-order valence-electron chi connectivity index (χ1n) is 5.28. The van der Waals surface area contributed by atoms with Crippen molar-refractivity contribution in [2.45, 2.75) is 36.8 Å². The van der Waals surface area contributed by atoms with E-state index in [1.165, 1.54) is 6.07 Å². The maximum absolute atomic E-state index is 11.5. The van der Waals surface area contributed by atoms with Crippen LogP contribution in [-0.4, -0.2) is 24.6 Å². The predicted octanol–water partition coefficient (Wildman–Crippen LogP) is 0.606. The maximum Gasteiger partial charge on any atom is 0.192 e. The van der Waals surface area contributed by atoms with Gasteiger partial charge in [-0.2, -0.15) is 0 Å². The predicted molar refractivity (Wildman–Crippen MR) is 59.6 cm³/mol. The van der Waals surface area contributed by atoms with E-state index in [9.17, 15) is 8.42 Å². The first kappa shape index (κ1) is 11.5. The maximum atomic E-state index is 11.5. The Balaban J connectivity index is 2.46. The van der Waals surface area contributed by atoms with E-state index in [-0.39, 0.29) is 11.6 Å². The van der Waals surface area contributed by atoms with Crippen molar-refractivity contribution >= 4 is 9.84 Å². The van der Waals surface area contributed by atoms with Crippen LogP contribution in [0.5, 0.6) is 0 Å². The molecule has 2 N–H and O–H groups in total. The molecule has 1 aromatic rings. The molecule has 1 aliphatic rings. The zero-order chi connectivity index (χ0) is 11.8. The van der Waals surface area contributed by atoms with Crippen molar-refractivity contribution in [2.24, 2.45) is 5.73 Å². The smallest absolute Gasteiger partial charge is 0.192 e. The third kappa shape index (κ3) is 2.22. The number of aromatic nitrogens is 2. The van der Waals surface area contributed by atoms with Crippen molar-refractivity contribution in [3.8, 4) is 0 Å². The van der Waals surface area contributed by atoms with Crippen molar-refractivity contribution < 1.29 is 8.42 Å². The zero-order valence-electron chi connectivity index (χ0n) is 9.18. The molecule has 1 fully saturated rings. The molecule has 16 heavy (non-hydrogen) atoms. The molecular weight excluding hydrogens is 226 g/mol. The Bertz CT molecular complexity index is 495. The number of sulfone groups is 1. The van der Waals surface area contributed by atoms with Gasteiger partial charge in [0.2, 0.25) is 0 Å². The quantitative estimate of drug-likeness (QED) is 0.783. The summed E-state index contributed by atoms with van der Waals surface area (Å²) < 4.78 is 22.9. The summed E-state index contributed by atoms with van der Waals surface area (Å²) in [6.07, 6.45) is 4.39. The summed E-state index contributed by atoms with van der Waals surface area (Å²) in [5.74, 6) is 0.946. The largest absolute Gasteiger partial charge is 0.325 e. The molecule has 1 heterocycles. The van der Waals surface area contributed by atoms with E-state index >= 15 is 0 Å². The van der Waals surface area contributed by atoms with Gasteiger partial charge in [0.1, 0.15) is 5.82 Å². The van der Waals surface area contributed by atoms with Gasteiger partial charge in [0.15, 0.2) is 14.9 Å². The van der Waals surface area contributed by atoms with Crippen LogP contribution in [0.3, 0.4) is 0 Å². The molecule has 0 aliphatic heterocycles. The molecule has 0 spiro atoms. The highest BCUT2D eigenvalue weighted by Gasteiger charge is 2.24. The number of hydrogen-bond donors (Lipinski definition) is 1. The highest BCUT2D eigenvalue weighted by Crippen LogP contribution is 2.34. The van der Waals surface area contributed by atoms with Gasteiger partial charge in [-0.05, 0) is 18.9 Å². The van der Waals surface area contributed by atoms with Gasteiger partial charge in [0, 0.05) is 18.7 Å². The van der Waals surface area contributed by atoms with Gasteiger partial charge < -0.3 is 5.73 Å². The lowest BCUT2D eigenvalue weighted by atomic mass is 9.85. The fourth-order valence-corrected chi connectivity index (χ4v) is 2.25. The Morgan fingerprint density at radius 3 is 2.56 bits per heavy atom. The molecule has 0 radical (unpaired) electrons. The number of hydrogen-bond acceptors (Lipinski definition) is 5.